The second kappa shape index (κ2) is 5.50. The van der Waals surface area contributed by atoms with Gasteiger partial charge in [-0.3, -0.25) is 14.9 Å². The number of carbonyl (C=O) groups excluding carboxylic acids is 1. The molecule has 1 aromatic rings. The Balaban J connectivity index is 3.17. The largest absolute Gasteiger partial charge is 0.355 e. The number of rotatable bonds is 4. The number of hydrogen-bond acceptors (Lipinski definition) is 4. The van der Waals surface area contributed by atoms with Crippen LogP contribution in [0.1, 0.15) is 15.9 Å². The molecule has 0 aliphatic carbocycles. The first-order valence-corrected chi connectivity index (χ1v) is 5.98. The molecule has 0 fully saturated rings. The van der Waals surface area contributed by atoms with E-state index < -0.39 is 4.92 Å². The molecule has 1 rings (SSSR count). The van der Waals surface area contributed by atoms with Gasteiger partial charge in [0.05, 0.1) is 4.92 Å². The predicted molar refractivity (Wildman–Crippen MR) is 63.7 cm³/mol. The molecule has 1 N–H and O–H groups in total. The molecular formula is C10H12N2O3S. The van der Waals surface area contributed by atoms with Crippen LogP contribution in [0.25, 0.3) is 0 Å². The number of benzene rings is 1. The molecule has 0 aromatic heterocycles. The fraction of sp³-hybridized carbons (Fsp3) is 0.300. The molecule has 16 heavy (non-hydrogen) atoms. The molecule has 0 spiro atoms. The van der Waals surface area contributed by atoms with Crippen LogP contribution in [0.3, 0.4) is 0 Å². The second-order valence-corrected chi connectivity index (χ2v) is 3.98. The fourth-order valence-corrected chi connectivity index (χ4v) is 1.85. The number of thioether (sulfide) groups is 1. The Bertz CT molecular complexity index is 421. The minimum atomic E-state index is -0.460. The number of nitro groups is 1. The van der Waals surface area contributed by atoms with Crippen molar-refractivity contribution in [1.29, 1.82) is 0 Å². The number of hydrogen-bond donors (Lipinski definition) is 1. The van der Waals surface area contributed by atoms with E-state index in [0.29, 0.717) is 16.9 Å². The van der Waals surface area contributed by atoms with Crippen molar-refractivity contribution in [3.05, 3.63) is 39.4 Å². The minimum Gasteiger partial charge on any atom is -0.355 e. The van der Waals surface area contributed by atoms with Crippen molar-refractivity contribution in [3.8, 4) is 0 Å². The lowest BCUT2D eigenvalue weighted by molar-refractivity contribution is -0.385. The van der Waals surface area contributed by atoms with E-state index in [-0.39, 0.29) is 11.6 Å². The molecule has 1 aromatic carbocycles. The zero-order valence-corrected chi connectivity index (χ0v) is 9.84. The molecule has 1 amide bonds. The number of amides is 1. The van der Waals surface area contributed by atoms with E-state index in [2.05, 4.69) is 5.32 Å². The van der Waals surface area contributed by atoms with Crippen LogP contribution in [0.4, 0.5) is 5.69 Å². The van der Waals surface area contributed by atoms with E-state index in [4.69, 9.17) is 0 Å². The molecule has 6 heteroatoms. The molecule has 0 aliphatic heterocycles. The summed E-state index contributed by atoms with van der Waals surface area (Å²) in [5.74, 6) is 0.239. The smallest absolute Gasteiger partial charge is 0.274 e. The molecule has 0 atom stereocenters. The van der Waals surface area contributed by atoms with Gasteiger partial charge in [-0.25, -0.2) is 0 Å². The summed E-state index contributed by atoms with van der Waals surface area (Å²) in [7, 11) is 1.49. The van der Waals surface area contributed by atoms with Gasteiger partial charge < -0.3 is 5.32 Å². The van der Waals surface area contributed by atoms with Crippen molar-refractivity contribution in [2.24, 2.45) is 0 Å². The first-order chi connectivity index (χ1) is 7.60. The molecule has 86 valence electrons. The first-order valence-electron chi connectivity index (χ1n) is 4.58. The molecule has 0 radical (unpaired) electrons. The van der Waals surface area contributed by atoms with Crippen LogP contribution in [0, 0.1) is 10.1 Å². The standard InChI is InChI=1S/C10H12N2O3S/c1-11-10(13)7-3-4-8(6-16-2)9(5-7)12(14)15/h3-5H,6H2,1-2H3,(H,11,13). The topological polar surface area (TPSA) is 72.2 Å². The average Bonchev–Trinajstić information content (AvgIpc) is 2.28. The molecule has 5 nitrogen and oxygen atoms in total. The normalized spacial score (nSPS) is 9.88. The van der Waals surface area contributed by atoms with E-state index in [9.17, 15) is 14.9 Å². The monoisotopic (exact) mass is 240 g/mol. The van der Waals surface area contributed by atoms with Gasteiger partial charge in [-0.1, -0.05) is 6.07 Å². The highest BCUT2D eigenvalue weighted by Crippen LogP contribution is 2.23. The van der Waals surface area contributed by atoms with Crippen LogP contribution >= 0.6 is 11.8 Å². The third-order valence-corrected chi connectivity index (χ3v) is 2.67. The Morgan fingerprint density at radius 2 is 2.25 bits per heavy atom. The minimum absolute atomic E-state index is 0.00421. The van der Waals surface area contributed by atoms with E-state index >= 15 is 0 Å². The van der Waals surface area contributed by atoms with Crippen molar-refractivity contribution in [2.45, 2.75) is 5.75 Å². The number of nitrogens with one attached hydrogen (secondary N) is 1. The van der Waals surface area contributed by atoms with Crippen molar-refractivity contribution in [1.82, 2.24) is 5.32 Å². The lowest BCUT2D eigenvalue weighted by Gasteiger charge is -2.04. The molecule has 0 aliphatic rings. The zero-order chi connectivity index (χ0) is 12.1. The van der Waals surface area contributed by atoms with E-state index in [0.717, 1.165) is 0 Å². The average molecular weight is 240 g/mol. The maximum atomic E-state index is 11.3. The molecule has 0 bridgehead atoms. The second-order valence-electron chi connectivity index (χ2n) is 3.11. The number of carbonyl (C=O) groups is 1. The summed E-state index contributed by atoms with van der Waals surface area (Å²) in [4.78, 5) is 21.7. The Labute approximate surface area is 97.4 Å². The number of nitrogens with zero attached hydrogens (tertiary/aromatic N) is 1. The summed E-state index contributed by atoms with van der Waals surface area (Å²) < 4.78 is 0. The van der Waals surface area contributed by atoms with Crippen molar-refractivity contribution >= 4 is 23.4 Å². The van der Waals surface area contributed by atoms with Crippen molar-refractivity contribution in [2.75, 3.05) is 13.3 Å². The van der Waals surface area contributed by atoms with Crippen LogP contribution in [-0.4, -0.2) is 24.1 Å². The summed E-state index contributed by atoms with van der Waals surface area (Å²) in [6.07, 6.45) is 1.87. The molecule has 0 heterocycles. The van der Waals surface area contributed by atoms with Gasteiger partial charge >= 0.3 is 0 Å². The van der Waals surface area contributed by atoms with Gasteiger partial charge in [-0.2, -0.15) is 11.8 Å². The molecular weight excluding hydrogens is 228 g/mol. The SMILES string of the molecule is CNC(=O)c1ccc(CSC)c([N+](=O)[O-])c1. The summed E-state index contributed by atoms with van der Waals surface area (Å²) in [6.45, 7) is 0. The summed E-state index contributed by atoms with van der Waals surface area (Å²) in [5, 5.41) is 13.3. The Morgan fingerprint density at radius 1 is 1.56 bits per heavy atom. The Hall–Kier alpha value is -1.56. The van der Waals surface area contributed by atoms with Gasteiger partial charge in [-0.15, -0.1) is 0 Å². The lowest BCUT2D eigenvalue weighted by Crippen LogP contribution is -2.18. The number of nitro benzene ring substituents is 1. The summed E-state index contributed by atoms with van der Waals surface area (Å²) in [5.41, 5.74) is 0.930. The lowest BCUT2D eigenvalue weighted by atomic mass is 10.1. The van der Waals surface area contributed by atoms with Crippen molar-refractivity contribution in [3.63, 3.8) is 0 Å². The predicted octanol–water partition coefficient (Wildman–Crippen LogP) is 1.82. The van der Waals surface area contributed by atoms with Gasteiger partial charge in [-0.05, 0) is 12.3 Å². The quantitative estimate of drug-likeness (QED) is 0.643. The Morgan fingerprint density at radius 3 is 2.75 bits per heavy atom. The molecule has 0 unspecified atom stereocenters. The summed E-state index contributed by atoms with van der Waals surface area (Å²) in [6, 6.07) is 4.53. The maximum absolute atomic E-state index is 11.3. The highest BCUT2D eigenvalue weighted by Gasteiger charge is 2.16. The third kappa shape index (κ3) is 2.73. The van der Waals surface area contributed by atoms with Crippen LogP contribution in [0.2, 0.25) is 0 Å². The van der Waals surface area contributed by atoms with Crippen LogP contribution in [-0.2, 0) is 5.75 Å². The Kier molecular flexibility index (Phi) is 4.30. The van der Waals surface area contributed by atoms with Crippen molar-refractivity contribution < 1.29 is 9.72 Å². The van der Waals surface area contributed by atoms with Gasteiger partial charge in [0.2, 0.25) is 0 Å². The van der Waals surface area contributed by atoms with E-state index in [1.165, 1.54) is 24.9 Å². The van der Waals surface area contributed by atoms with Gasteiger partial charge in [0.15, 0.2) is 0 Å². The molecule has 0 saturated heterocycles. The third-order valence-electron chi connectivity index (χ3n) is 2.07. The zero-order valence-electron chi connectivity index (χ0n) is 9.02. The maximum Gasteiger partial charge on any atom is 0.274 e. The molecule has 0 saturated carbocycles. The van der Waals surface area contributed by atoms with Crippen LogP contribution in [0.5, 0.6) is 0 Å². The van der Waals surface area contributed by atoms with Crippen LogP contribution in [0.15, 0.2) is 18.2 Å². The van der Waals surface area contributed by atoms with E-state index in [1.807, 2.05) is 6.26 Å². The highest BCUT2D eigenvalue weighted by atomic mass is 32.2. The van der Waals surface area contributed by atoms with Gasteiger partial charge in [0.1, 0.15) is 0 Å². The highest BCUT2D eigenvalue weighted by molar-refractivity contribution is 7.97. The van der Waals surface area contributed by atoms with Gasteiger partial charge in [0, 0.05) is 30.0 Å². The fourth-order valence-electron chi connectivity index (χ4n) is 1.30. The van der Waals surface area contributed by atoms with E-state index in [1.54, 1.807) is 12.1 Å². The van der Waals surface area contributed by atoms with Crippen LogP contribution < -0.4 is 5.32 Å². The summed E-state index contributed by atoms with van der Waals surface area (Å²) >= 11 is 1.50. The first kappa shape index (κ1) is 12.5. The van der Waals surface area contributed by atoms with Gasteiger partial charge in [0.25, 0.3) is 11.6 Å².